The zero-order chi connectivity index (χ0) is 11.0. The molecule has 78 valence electrons. The lowest BCUT2D eigenvalue weighted by atomic mass is 10.1. The fourth-order valence-corrected chi connectivity index (χ4v) is 1.82. The predicted molar refractivity (Wildman–Crippen MR) is 61.1 cm³/mol. The minimum absolute atomic E-state index is 0.259. The molecule has 0 unspecified atom stereocenters. The van der Waals surface area contributed by atoms with Crippen molar-refractivity contribution in [2.75, 3.05) is 5.73 Å². The molecule has 0 bridgehead atoms. The van der Waals surface area contributed by atoms with Crippen molar-refractivity contribution < 1.29 is 4.39 Å². The fourth-order valence-electron chi connectivity index (χ4n) is 1.24. The predicted octanol–water partition coefficient (Wildman–Crippen LogP) is 3.21. The fraction of sp³-hybridized carbons (Fsp3) is 0. The van der Waals surface area contributed by atoms with E-state index in [1.807, 2.05) is 0 Å². The van der Waals surface area contributed by atoms with Crippen LogP contribution in [0, 0.1) is 5.82 Å². The van der Waals surface area contributed by atoms with Gasteiger partial charge in [0.2, 0.25) is 0 Å². The Morgan fingerprint density at radius 2 is 2.20 bits per heavy atom. The van der Waals surface area contributed by atoms with Crippen molar-refractivity contribution in [3.8, 4) is 11.3 Å². The molecule has 0 amide bonds. The highest BCUT2D eigenvalue weighted by atomic mass is 79.9. The average Bonchev–Trinajstić information content (AvgIpc) is 2.59. The van der Waals surface area contributed by atoms with Crippen LogP contribution in [0.2, 0.25) is 5.02 Å². The number of nitrogens with one attached hydrogen (secondary N) is 1. The van der Waals surface area contributed by atoms with Gasteiger partial charge >= 0.3 is 0 Å². The van der Waals surface area contributed by atoms with E-state index in [-0.39, 0.29) is 5.56 Å². The monoisotopic (exact) mass is 289 g/mol. The molecule has 0 aliphatic rings. The number of aromatic nitrogens is 2. The van der Waals surface area contributed by atoms with Crippen LogP contribution in [0.15, 0.2) is 22.7 Å². The molecule has 2 aromatic rings. The Hall–Kier alpha value is -1.07. The minimum atomic E-state index is -0.424. The molecule has 0 atom stereocenters. The molecule has 6 heteroatoms. The van der Waals surface area contributed by atoms with Gasteiger partial charge in [-0.2, -0.15) is 5.10 Å². The summed E-state index contributed by atoms with van der Waals surface area (Å²) < 4.78 is 14.2. The largest absolute Gasteiger partial charge is 0.382 e. The zero-order valence-electron chi connectivity index (χ0n) is 7.39. The van der Waals surface area contributed by atoms with Crippen LogP contribution < -0.4 is 5.73 Å². The van der Waals surface area contributed by atoms with E-state index >= 15 is 0 Å². The van der Waals surface area contributed by atoms with Gasteiger partial charge in [-0.25, -0.2) is 4.39 Å². The third-order valence-electron chi connectivity index (χ3n) is 1.91. The first-order valence-corrected chi connectivity index (χ1v) is 5.21. The third kappa shape index (κ3) is 1.85. The molecule has 0 aliphatic heterocycles. The van der Waals surface area contributed by atoms with E-state index in [2.05, 4.69) is 26.1 Å². The summed E-state index contributed by atoms with van der Waals surface area (Å²) in [5.74, 6) is -0.132. The molecule has 1 heterocycles. The molecule has 0 saturated heterocycles. The lowest BCUT2D eigenvalue weighted by molar-refractivity contribution is 0.630. The maximum absolute atomic E-state index is 13.5. The second-order valence-corrected chi connectivity index (χ2v) is 4.16. The van der Waals surface area contributed by atoms with Gasteiger partial charge in [-0.1, -0.05) is 11.6 Å². The van der Waals surface area contributed by atoms with Crippen molar-refractivity contribution in [1.82, 2.24) is 10.2 Å². The van der Waals surface area contributed by atoms with Crippen LogP contribution >= 0.6 is 27.5 Å². The summed E-state index contributed by atoms with van der Waals surface area (Å²) >= 11 is 9.19. The summed E-state index contributed by atoms with van der Waals surface area (Å²) in [6, 6.07) is 4.39. The van der Waals surface area contributed by atoms with Gasteiger partial charge in [0.1, 0.15) is 11.6 Å². The highest BCUT2D eigenvalue weighted by molar-refractivity contribution is 9.10. The summed E-state index contributed by atoms with van der Waals surface area (Å²) in [5.41, 5.74) is 6.15. The van der Waals surface area contributed by atoms with Crippen molar-refractivity contribution in [2.24, 2.45) is 0 Å². The molecule has 0 spiro atoms. The van der Waals surface area contributed by atoms with E-state index < -0.39 is 5.82 Å². The van der Waals surface area contributed by atoms with Gasteiger partial charge in [-0.05, 0) is 28.1 Å². The summed E-state index contributed by atoms with van der Waals surface area (Å²) in [6.45, 7) is 0. The number of nitrogens with two attached hydrogens (primary N) is 1. The van der Waals surface area contributed by atoms with Gasteiger partial charge in [0.15, 0.2) is 0 Å². The summed E-state index contributed by atoms with van der Waals surface area (Å²) in [5, 5.41) is 6.62. The Kier molecular flexibility index (Phi) is 2.67. The third-order valence-corrected chi connectivity index (χ3v) is 3.19. The average molecular weight is 291 g/mol. The zero-order valence-corrected chi connectivity index (χ0v) is 9.73. The van der Waals surface area contributed by atoms with Gasteiger partial charge in [-0.15, -0.1) is 0 Å². The lowest BCUT2D eigenvalue weighted by Gasteiger charge is -2.04. The SMILES string of the molecule is Nc1cc(-c2c(F)ccc(Br)c2Cl)[nH]n1. The van der Waals surface area contributed by atoms with Gasteiger partial charge in [0, 0.05) is 10.5 Å². The van der Waals surface area contributed by atoms with Crippen LogP contribution in [0.5, 0.6) is 0 Å². The molecule has 0 aliphatic carbocycles. The number of aromatic amines is 1. The number of anilines is 1. The molecule has 0 radical (unpaired) electrons. The molecule has 15 heavy (non-hydrogen) atoms. The van der Waals surface area contributed by atoms with Crippen LogP contribution in [0.1, 0.15) is 0 Å². The first-order chi connectivity index (χ1) is 7.09. The van der Waals surface area contributed by atoms with Gasteiger partial charge in [0.25, 0.3) is 0 Å². The van der Waals surface area contributed by atoms with E-state index in [1.165, 1.54) is 12.1 Å². The van der Waals surface area contributed by atoms with E-state index in [4.69, 9.17) is 17.3 Å². The molecule has 3 N–H and O–H groups in total. The van der Waals surface area contributed by atoms with Crippen molar-refractivity contribution in [3.05, 3.63) is 33.5 Å². The number of nitrogens with zero attached hydrogens (tertiary/aromatic N) is 1. The Bertz CT molecular complexity index is 512. The Labute approximate surface area is 98.6 Å². The summed E-state index contributed by atoms with van der Waals surface area (Å²) in [4.78, 5) is 0. The molecular weight excluding hydrogens is 284 g/mol. The van der Waals surface area contributed by atoms with Crippen molar-refractivity contribution in [2.45, 2.75) is 0 Å². The first kappa shape index (κ1) is 10.4. The smallest absolute Gasteiger partial charge is 0.145 e. The van der Waals surface area contributed by atoms with Crippen molar-refractivity contribution in [1.29, 1.82) is 0 Å². The normalized spacial score (nSPS) is 10.6. The number of rotatable bonds is 1. The Balaban J connectivity index is 2.66. The maximum atomic E-state index is 13.5. The second kappa shape index (κ2) is 3.83. The van der Waals surface area contributed by atoms with Crippen LogP contribution in [0.25, 0.3) is 11.3 Å². The maximum Gasteiger partial charge on any atom is 0.145 e. The standard InChI is InChI=1S/C9H6BrClFN3/c10-4-1-2-5(12)8(9(4)11)6-3-7(13)15-14-6/h1-3H,(H3,13,14,15). The number of H-pyrrole nitrogens is 1. The van der Waals surface area contributed by atoms with E-state index in [1.54, 1.807) is 6.07 Å². The van der Waals surface area contributed by atoms with Crippen LogP contribution in [-0.4, -0.2) is 10.2 Å². The second-order valence-electron chi connectivity index (χ2n) is 2.92. The van der Waals surface area contributed by atoms with E-state index in [0.717, 1.165) is 0 Å². The molecule has 1 aromatic carbocycles. The molecule has 0 saturated carbocycles. The molecular formula is C9H6BrClFN3. The Morgan fingerprint density at radius 3 is 2.80 bits per heavy atom. The molecule has 1 aromatic heterocycles. The summed E-state index contributed by atoms with van der Waals surface area (Å²) in [6.07, 6.45) is 0. The van der Waals surface area contributed by atoms with Crippen LogP contribution in [0.4, 0.5) is 10.2 Å². The lowest BCUT2D eigenvalue weighted by Crippen LogP contribution is -1.87. The van der Waals surface area contributed by atoms with Crippen LogP contribution in [0.3, 0.4) is 0 Å². The molecule has 3 nitrogen and oxygen atoms in total. The van der Waals surface area contributed by atoms with Gasteiger partial charge in [-0.3, -0.25) is 5.10 Å². The number of nitrogen functional groups attached to an aromatic ring is 1. The first-order valence-electron chi connectivity index (χ1n) is 4.04. The quantitative estimate of drug-likeness (QED) is 0.792. The minimum Gasteiger partial charge on any atom is -0.382 e. The van der Waals surface area contributed by atoms with Crippen molar-refractivity contribution >= 4 is 33.3 Å². The van der Waals surface area contributed by atoms with Crippen LogP contribution in [-0.2, 0) is 0 Å². The molecule has 2 rings (SSSR count). The topological polar surface area (TPSA) is 54.7 Å². The number of halogens is 3. The highest BCUT2D eigenvalue weighted by Crippen LogP contribution is 2.35. The number of benzene rings is 1. The van der Waals surface area contributed by atoms with Gasteiger partial charge in [0.05, 0.1) is 16.3 Å². The van der Waals surface area contributed by atoms with Crippen molar-refractivity contribution in [3.63, 3.8) is 0 Å². The van der Waals surface area contributed by atoms with E-state index in [0.29, 0.717) is 21.0 Å². The number of hydrogen-bond acceptors (Lipinski definition) is 2. The highest BCUT2D eigenvalue weighted by Gasteiger charge is 2.14. The van der Waals surface area contributed by atoms with Gasteiger partial charge < -0.3 is 5.73 Å². The molecule has 0 fully saturated rings. The Morgan fingerprint density at radius 1 is 1.47 bits per heavy atom. The summed E-state index contributed by atoms with van der Waals surface area (Å²) in [7, 11) is 0. The van der Waals surface area contributed by atoms with E-state index in [9.17, 15) is 4.39 Å². The number of hydrogen-bond donors (Lipinski definition) is 2.